The van der Waals surface area contributed by atoms with Crippen molar-refractivity contribution in [3.05, 3.63) is 24.2 Å². The molecule has 0 bridgehead atoms. The normalized spacial score (nSPS) is 12.0. The molecule has 0 amide bonds. The van der Waals surface area contributed by atoms with Crippen LogP contribution >= 0.6 is 0 Å². The van der Waals surface area contributed by atoms with Gasteiger partial charge in [-0.1, -0.05) is 13.8 Å². The van der Waals surface area contributed by atoms with Crippen LogP contribution in [0.1, 0.15) is 32.4 Å². The summed E-state index contributed by atoms with van der Waals surface area (Å²) in [5.74, 6) is 0.762. The molecule has 2 rings (SSSR count). The number of anilines is 1. The quantitative estimate of drug-likeness (QED) is 0.849. The molecular formula is C13H20N4O. The van der Waals surface area contributed by atoms with Crippen molar-refractivity contribution in [1.29, 1.82) is 0 Å². The Kier molecular flexibility index (Phi) is 3.52. The second kappa shape index (κ2) is 4.94. The van der Waals surface area contributed by atoms with Crippen LogP contribution in [0, 0.1) is 6.92 Å². The van der Waals surface area contributed by atoms with Gasteiger partial charge in [0.25, 0.3) is 0 Å². The summed E-state index contributed by atoms with van der Waals surface area (Å²) < 4.78 is 1.79. The van der Waals surface area contributed by atoms with Crippen LogP contribution in [-0.2, 0) is 0 Å². The molecule has 2 aromatic rings. The molecule has 2 N–H and O–H groups in total. The lowest BCUT2D eigenvalue weighted by molar-refractivity contribution is 0.0456. The third-order valence-electron chi connectivity index (χ3n) is 3.41. The van der Waals surface area contributed by atoms with Crippen molar-refractivity contribution in [2.24, 2.45) is 0 Å². The summed E-state index contributed by atoms with van der Waals surface area (Å²) in [6.07, 6.45) is 4.97. The Bertz CT molecular complexity index is 531. The SMILES string of the molecule is CCC(O)(CC)CNc1nccn2nc(C)cc12. The maximum absolute atomic E-state index is 10.3. The van der Waals surface area contributed by atoms with E-state index in [0.29, 0.717) is 6.54 Å². The summed E-state index contributed by atoms with van der Waals surface area (Å²) >= 11 is 0. The third kappa shape index (κ3) is 2.46. The molecule has 98 valence electrons. The summed E-state index contributed by atoms with van der Waals surface area (Å²) in [5, 5.41) is 17.8. The number of aryl methyl sites for hydroxylation is 1. The van der Waals surface area contributed by atoms with Crippen molar-refractivity contribution >= 4 is 11.3 Å². The molecule has 0 unspecified atom stereocenters. The Labute approximate surface area is 107 Å². The van der Waals surface area contributed by atoms with Crippen molar-refractivity contribution in [3.8, 4) is 0 Å². The minimum Gasteiger partial charge on any atom is -0.388 e. The molecule has 0 aliphatic heterocycles. The highest BCUT2D eigenvalue weighted by Gasteiger charge is 2.22. The first kappa shape index (κ1) is 12.8. The molecule has 5 heteroatoms. The van der Waals surface area contributed by atoms with Gasteiger partial charge in [-0.15, -0.1) is 0 Å². The van der Waals surface area contributed by atoms with Crippen LogP contribution in [-0.4, -0.2) is 31.9 Å². The monoisotopic (exact) mass is 248 g/mol. The maximum atomic E-state index is 10.3. The van der Waals surface area contributed by atoms with Crippen LogP contribution in [0.3, 0.4) is 0 Å². The van der Waals surface area contributed by atoms with E-state index in [1.807, 2.05) is 33.0 Å². The third-order valence-corrected chi connectivity index (χ3v) is 3.41. The van der Waals surface area contributed by atoms with Crippen molar-refractivity contribution < 1.29 is 5.11 Å². The van der Waals surface area contributed by atoms with E-state index in [0.717, 1.165) is 29.9 Å². The highest BCUT2D eigenvalue weighted by atomic mass is 16.3. The van der Waals surface area contributed by atoms with Gasteiger partial charge < -0.3 is 10.4 Å². The van der Waals surface area contributed by atoms with E-state index in [1.165, 1.54) is 0 Å². The van der Waals surface area contributed by atoms with E-state index in [9.17, 15) is 5.11 Å². The van der Waals surface area contributed by atoms with E-state index in [4.69, 9.17) is 0 Å². The van der Waals surface area contributed by atoms with Gasteiger partial charge in [0.05, 0.1) is 11.3 Å². The lowest BCUT2D eigenvalue weighted by atomic mass is 9.98. The van der Waals surface area contributed by atoms with Crippen LogP contribution in [0.5, 0.6) is 0 Å². The molecule has 0 aliphatic carbocycles. The first-order valence-electron chi connectivity index (χ1n) is 6.35. The summed E-state index contributed by atoms with van der Waals surface area (Å²) in [5.41, 5.74) is 1.21. The van der Waals surface area contributed by atoms with Gasteiger partial charge in [0.15, 0.2) is 5.82 Å². The van der Waals surface area contributed by atoms with Crippen LogP contribution in [0.25, 0.3) is 5.52 Å². The molecule has 2 aromatic heterocycles. The Hall–Kier alpha value is -1.62. The van der Waals surface area contributed by atoms with Crippen molar-refractivity contribution in [2.45, 2.75) is 39.2 Å². The van der Waals surface area contributed by atoms with Gasteiger partial charge in [0.1, 0.15) is 5.52 Å². The minimum absolute atomic E-state index is 0.497. The molecule has 0 spiro atoms. The topological polar surface area (TPSA) is 62.5 Å². The average molecular weight is 248 g/mol. The Morgan fingerprint density at radius 2 is 2.11 bits per heavy atom. The predicted octanol–water partition coefficient (Wildman–Crippen LogP) is 2.00. The summed E-state index contributed by atoms with van der Waals surface area (Å²) in [4.78, 5) is 4.31. The van der Waals surface area contributed by atoms with Crippen molar-refractivity contribution in [1.82, 2.24) is 14.6 Å². The fourth-order valence-electron chi connectivity index (χ4n) is 1.93. The van der Waals surface area contributed by atoms with E-state index in [1.54, 1.807) is 10.7 Å². The number of hydrogen-bond acceptors (Lipinski definition) is 4. The number of nitrogens with one attached hydrogen (secondary N) is 1. The number of aliphatic hydroxyl groups is 1. The second-order valence-corrected chi connectivity index (χ2v) is 4.68. The Morgan fingerprint density at radius 1 is 1.39 bits per heavy atom. The van der Waals surface area contributed by atoms with Crippen molar-refractivity contribution in [3.63, 3.8) is 0 Å². The fraction of sp³-hybridized carbons (Fsp3) is 0.538. The van der Waals surface area contributed by atoms with Gasteiger partial charge in [0.2, 0.25) is 0 Å². The lowest BCUT2D eigenvalue weighted by Gasteiger charge is -2.25. The molecule has 0 saturated heterocycles. The maximum Gasteiger partial charge on any atom is 0.152 e. The van der Waals surface area contributed by atoms with E-state index >= 15 is 0 Å². The zero-order chi connectivity index (χ0) is 13.2. The molecule has 2 heterocycles. The molecule has 0 aliphatic rings. The zero-order valence-corrected chi connectivity index (χ0v) is 11.1. The smallest absolute Gasteiger partial charge is 0.152 e. The zero-order valence-electron chi connectivity index (χ0n) is 11.1. The molecule has 0 aromatic carbocycles. The van der Waals surface area contributed by atoms with Crippen LogP contribution in [0.4, 0.5) is 5.82 Å². The average Bonchev–Trinajstić information content (AvgIpc) is 2.76. The second-order valence-electron chi connectivity index (χ2n) is 4.68. The number of hydrogen-bond donors (Lipinski definition) is 2. The van der Waals surface area contributed by atoms with Gasteiger partial charge in [-0.3, -0.25) is 0 Å². The predicted molar refractivity (Wildman–Crippen MR) is 71.7 cm³/mol. The standard InChI is InChI=1S/C13H20N4O/c1-4-13(18,5-2)9-15-12-11-8-10(3)16-17(11)7-6-14-12/h6-8,18H,4-5,9H2,1-3H3,(H,14,15). The van der Waals surface area contributed by atoms with Crippen molar-refractivity contribution in [2.75, 3.05) is 11.9 Å². The first-order chi connectivity index (χ1) is 8.58. The number of aromatic nitrogens is 3. The van der Waals surface area contributed by atoms with E-state index in [-0.39, 0.29) is 0 Å². The number of nitrogens with zero attached hydrogens (tertiary/aromatic N) is 3. The molecule has 0 saturated carbocycles. The van der Waals surface area contributed by atoms with Gasteiger partial charge in [-0.2, -0.15) is 5.10 Å². The van der Waals surface area contributed by atoms with Gasteiger partial charge in [0, 0.05) is 18.9 Å². The van der Waals surface area contributed by atoms with Crippen LogP contribution in [0.2, 0.25) is 0 Å². The Balaban J connectivity index is 2.21. The Morgan fingerprint density at radius 3 is 2.78 bits per heavy atom. The van der Waals surface area contributed by atoms with E-state index < -0.39 is 5.60 Å². The molecule has 0 fully saturated rings. The highest BCUT2D eigenvalue weighted by Crippen LogP contribution is 2.18. The fourth-order valence-corrected chi connectivity index (χ4v) is 1.93. The number of rotatable bonds is 5. The summed E-state index contributed by atoms with van der Waals surface area (Å²) in [7, 11) is 0. The van der Waals surface area contributed by atoms with Gasteiger partial charge >= 0.3 is 0 Å². The van der Waals surface area contributed by atoms with Gasteiger partial charge in [-0.25, -0.2) is 9.50 Å². The molecular weight excluding hydrogens is 228 g/mol. The minimum atomic E-state index is -0.677. The molecule has 18 heavy (non-hydrogen) atoms. The molecule has 0 radical (unpaired) electrons. The van der Waals surface area contributed by atoms with Crippen LogP contribution < -0.4 is 5.32 Å². The first-order valence-corrected chi connectivity index (χ1v) is 6.35. The largest absolute Gasteiger partial charge is 0.388 e. The van der Waals surface area contributed by atoms with Gasteiger partial charge in [-0.05, 0) is 25.8 Å². The summed E-state index contributed by atoms with van der Waals surface area (Å²) in [6.45, 7) is 6.42. The molecule has 5 nitrogen and oxygen atoms in total. The molecule has 0 atom stereocenters. The number of fused-ring (bicyclic) bond motifs is 1. The highest BCUT2D eigenvalue weighted by molar-refractivity contribution is 5.67. The van der Waals surface area contributed by atoms with E-state index in [2.05, 4.69) is 15.4 Å². The summed E-state index contributed by atoms with van der Waals surface area (Å²) in [6, 6.07) is 1.98. The van der Waals surface area contributed by atoms with Crippen LogP contribution in [0.15, 0.2) is 18.5 Å². The lowest BCUT2D eigenvalue weighted by Crippen LogP contribution is -2.35.